The Hall–Kier alpha value is -9.76. The highest BCUT2D eigenvalue weighted by Crippen LogP contribution is 2.65. The van der Waals surface area contributed by atoms with E-state index in [4.69, 9.17) is 0 Å². The Balaban J connectivity index is 0.823. The number of hydrogen-bond acceptors (Lipinski definition) is 0. The lowest BCUT2D eigenvalue weighted by Gasteiger charge is -2.30. The first-order valence-corrected chi connectivity index (χ1v) is 26.7. The minimum absolute atomic E-state index is 0.412. The van der Waals surface area contributed by atoms with E-state index in [1.54, 1.807) is 0 Å². The van der Waals surface area contributed by atoms with E-state index >= 15 is 0 Å². The Bertz CT molecular complexity index is 4500. The molecule has 2 aromatic heterocycles. The zero-order valence-corrected chi connectivity index (χ0v) is 41.3. The molecule has 2 nitrogen and oxygen atoms in total. The van der Waals surface area contributed by atoms with Gasteiger partial charge >= 0.3 is 0 Å². The molecular formula is C74H44N2. The maximum Gasteiger partial charge on any atom is 0.0726 e. The van der Waals surface area contributed by atoms with Crippen LogP contribution >= 0.6 is 0 Å². The van der Waals surface area contributed by atoms with Gasteiger partial charge in [-0.3, -0.25) is 0 Å². The Morgan fingerprint density at radius 3 is 0.882 bits per heavy atom. The van der Waals surface area contributed by atoms with Crippen LogP contribution in [0.15, 0.2) is 267 Å². The van der Waals surface area contributed by atoms with E-state index in [0.717, 1.165) is 0 Å². The largest absolute Gasteiger partial charge is 0.309 e. The highest BCUT2D eigenvalue weighted by atomic mass is 15.0. The summed E-state index contributed by atoms with van der Waals surface area (Å²) >= 11 is 0. The average molecular weight is 961 g/mol. The Morgan fingerprint density at radius 1 is 0.211 bits per heavy atom. The number of benzene rings is 12. The van der Waals surface area contributed by atoms with Crippen LogP contribution in [0.2, 0.25) is 0 Å². The first-order chi connectivity index (χ1) is 37.7. The summed E-state index contributed by atoms with van der Waals surface area (Å²) in [5.74, 6) is 0. The third-order valence-electron chi connectivity index (χ3n) is 18.2. The van der Waals surface area contributed by atoms with Crippen molar-refractivity contribution in [1.82, 2.24) is 9.13 Å². The zero-order chi connectivity index (χ0) is 49.4. The standard InChI is InChI=1S/C74H44N2/c1-9-27-57-47(19-1)48-20-2-10-28-58(48)73(57)61-31-13-5-25-53(61)71-63(73)33-17-37-69(71)75-65-35-15-7-23-51(65)55-43-45(39-41-67(55)75)46-40-42-68-56(44-46)52-24-8-16-36-66(52)76(68)70-38-18-34-64-72(70)54-26-6-14-32-62(54)74(64)59-29-11-3-21-49(59)50-22-4-12-30-60(50)74/h1-44H. The molecule has 350 valence electrons. The van der Waals surface area contributed by atoms with Gasteiger partial charge in [0, 0.05) is 32.7 Å². The molecule has 4 aliphatic carbocycles. The predicted octanol–water partition coefficient (Wildman–Crippen LogP) is 18.2. The molecule has 14 aromatic rings. The van der Waals surface area contributed by atoms with Crippen molar-refractivity contribution in [2.75, 3.05) is 0 Å². The van der Waals surface area contributed by atoms with E-state index in [0.29, 0.717) is 0 Å². The van der Waals surface area contributed by atoms with Crippen molar-refractivity contribution in [1.29, 1.82) is 0 Å². The molecule has 76 heavy (non-hydrogen) atoms. The van der Waals surface area contributed by atoms with Crippen LogP contribution in [0.1, 0.15) is 44.5 Å². The SMILES string of the molecule is c1ccc2c(c1)-c1ccccc1C21c2ccccc2-c2c(-n3c4ccccc4c4cc(-c5ccc6c(c5)c5ccccc5n6-c5cccc6c5-c5ccccc5C65c6ccccc6-c6ccccc65)ccc43)cccc21. The lowest BCUT2D eigenvalue weighted by molar-refractivity contribution is 0.793. The van der Waals surface area contributed by atoms with Crippen molar-refractivity contribution in [3.05, 3.63) is 311 Å². The van der Waals surface area contributed by atoms with Crippen LogP contribution in [0.25, 0.3) is 111 Å². The minimum Gasteiger partial charge on any atom is -0.309 e. The lowest BCUT2D eigenvalue weighted by atomic mass is 9.70. The second-order valence-electron chi connectivity index (χ2n) is 21.3. The monoisotopic (exact) mass is 960 g/mol. The van der Waals surface area contributed by atoms with Gasteiger partial charge in [-0.15, -0.1) is 0 Å². The molecule has 0 atom stereocenters. The highest BCUT2D eigenvalue weighted by molar-refractivity contribution is 6.14. The first-order valence-electron chi connectivity index (χ1n) is 26.7. The van der Waals surface area contributed by atoms with E-state index in [1.807, 2.05) is 0 Å². The fourth-order valence-corrected chi connectivity index (χ4v) is 15.4. The number of hydrogen-bond donors (Lipinski definition) is 0. The van der Waals surface area contributed by atoms with Gasteiger partial charge in [-0.1, -0.05) is 218 Å². The quantitative estimate of drug-likeness (QED) is 0.167. The number of rotatable bonds is 3. The normalized spacial score (nSPS) is 14.3. The summed E-state index contributed by atoms with van der Waals surface area (Å²) in [5.41, 5.74) is 30.1. The van der Waals surface area contributed by atoms with E-state index in [-0.39, 0.29) is 0 Å². The van der Waals surface area contributed by atoms with Crippen LogP contribution in [-0.2, 0) is 10.8 Å². The topological polar surface area (TPSA) is 9.86 Å². The fraction of sp³-hybridized carbons (Fsp3) is 0.0270. The van der Waals surface area contributed by atoms with Gasteiger partial charge < -0.3 is 9.13 Å². The third-order valence-corrected chi connectivity index (χ3v) is 18.2. The molecule has 4 aliphatic rings. The Kier molecular flexibility index (Phi) is 7.77. The van der Waals surface area contributed by atoms with Crippen molar-refractivity contribution in [3.8, 4) is 67.0 Å². The molecule has 0 unspecified atom stereocenters. The molecule has 0 radical (unpaired) electrons. The summed E-state index contributed by atoms with van der Waals surface area (Å²) in [7, 11) is 0. The molecule has 0 aliphatic heterocycles. The highest BCUT2D eigenvalue weighted by Gasteiger charge is 2.54. The van der Waals surface area contributed by atoms with Crippen LogP contribution in [-0.4, -0.2) is 9.13 Å². The molecule has 2 spiro atoms. The van der Waals surface area contributed by atoms with E-state index in [1.165, 1.54) is 155 Å². The third kappa shape index (κ3) is 4.76. The van der Waals surface area contributed by atoms with Crippen molar-refractivity contribution in [2.24, 2.45) is 0 Å². The molecule has 0 amide bonds. The van der Waals surface area contributed by atoms with Crippen molar-refractivity contribution >= 4 is 43.6 Å². The molecule has 12 aromatic carbocycles. The average Bonchev–Trinajstić information content (AvgIpc) is 4.06. The maximum atomic E-state index is 2.54. The summed E-state index contributed by atoms with van der Waals surface area (Å²) in [6, 6.07) is 101. The van der Waals surface area contributed by atoms with Gasteiger partial charge in [-0.05, 0) is 138 Å². The van der Waals surface area contributed by atoms with Crippen LogP contribution in [0.3, 0.4) is 0 Å². The molecule has 2 heteroatoms. The number of fused-ring (bicyclic) bond motifs is 26. The summed E-state index contributed by atoms with van der Waals surface area (Å²) in [4.78, 5) is 0. The van der Waals surface area contributed by atoms with Crippen molar-refractivity contribution in [2.45, 2.75) is 10.8 Å². The number of nitrogens with zero attached hydrogens (tertiary/aromatic N) is 2. The molecule has 0 bridgehead atoms. The number of para-hydroxylation sites is 2. The summed E-state index contributed by atoms with van der Waals surface area (Å²) in [5, 5.41) is 4.98. The van der Waals surface area contributed by atoms with Gasteiger partial charge in [0.1, 0.15) is 0 Å². The molecule has 0 fully saturated rings. The van der Waals surface area contributed by atoms with E-state index in [2.05, 4.69) is 276 Å². The van der Waals surface area contributed by atoms with Gasteiger partial charge in [0.2, 0.25) is 0 Å². The van der Waals surface area contributed by atoms with Crippen molar-refractivity contribution < 1.29 is 0 Å². The van der Waals surface area contributed by atoms with Gasteiger partial charge in [0.25, 0.3) is 0 Å². The predicted molar refractivity (Wildman–Crippen MR) is 313 cm³/mol. The van der Waals surface area contributed by atoms with Crippen molar-refractivity contribution in [3.63, 3.8) is 0 Å². The summed E-state index contributed by atoms with van der Waals surface area (Å²) in [6.07, 6.45) is 0. The molecule has 0 N–H and O–H groups in total. The molecular weight excluding hydrogens is 917 g/mol. The molecule has 2 heterocycles. The van der Waals surface area contributed by atoms with Crippen LogP contribution in [0.4, 0.5) is 0 Å². The fourth-order valence-electron chi connectivity index (χ4n) is 15.4. The Labute approximate surface area is 439 Å². The van der Waals surface area contributed by atoms with Crippen LogP contribution in [0.5, 0.6) is 0 Å². The maximum absolute atomic E-state index is 2.54. The van der Waals surface area contributed by atoms with Crippen LogP contribution in [0, 0.1) is 0 Å². The molecule has 18 rings (SSSR count). The zero-order valence-electron chi connectivity index (χ0n) is 41.3. The first kappa shape index (κ1) is 40.7. The smallest absolute Gasteiger partial charge is 0.0726 e. The van der Waals surface area contributed by atoms with Crippen LogP contribution < -0.4 is 0 Å². The minimum atomic E-state index is -0.412. The Morgan fingerprint density at radius 2 is 0.500 bits per heavy atom. The van der Waals surface area contributed by atoms with Gasteiger partial charge in [0.05, 0.1) is 44.3 Å². The second kappa shape index (κ2) is 14.5. The summed E-state index contributed by atoms with van der Waals surface area (Å²) < 4.78 is 5.08. The van der Waals surface area contributed by atoms with Gasteiger partial charge in [-0.25, -0.2) is 0 Å². The molecule has 0 saturated carbocycles. The summed E-state index contributed by atoms with van der Waals surface area (Å²) in [6.45, 7) is 0. The van der Waals surface area contributed by atoms with E-state index < -0.39 is 10.8 Å². The van der Waals surface area contributed by atoms with Gasteiger partial charge in [-0.2, -0.15) is 0 Å². The second-order valence-corrected chi connectivity index (χ2v) is 21.3. The van der Waals surface area contributed by atoms with E-state index in [9.17, 15) is 0 Å². The van der Waals surface area contributed by atoms with Gasteiger partial charge in [0.15, 0.2) is 0 Å². The number of aromatic nitrogens is 2. The molecule has 0 saturated heterocycles. The lowest BCUT2D eigenvalue weighted by Crippen LogP contribution is -2.25.